The predicted octanol–water partition coefficient (Wildman–Crippen LogP) is 1.46. The third kappa shape index (κ3) is 4.12. The van der Waals surface area contributed by atoms with Crippen molar-refractivity contribution in [3.05, 3.63) is 30.6 Å². The number of ether oxygens (including phenoxy) is 1. The molecule has 3 rings (SSSR count). The highest BCUT2D eigenvalue weighted by molar-refractivity contribution is 5.30. The lowest BCUT2D eigenvalue weighted by Gasteiger charge is -2.41. The van der Waals surface area contributed by atoms with Crippen LogP contribution in [-0.4, -0.2) is 66.0 Å². The lowest BCUT2D eigenvalue weighted by Crippen LogP contribution is -2.44. The fourth-order valence-electron chi connectivity index (χ4n) is 3.73. The van der Waals surface area contributed by atoms with Crippen LogP contribution in [0.25, 0.3) is 0 Å². The molecule has 1 aromatic heterocycles. The summed E-state index contributed by atoms with van der Waals surface area (Å²) in [5.41, 5.74) is 1.09. The summed E-state index contributed by atoms with van der Waals surface area (Å²) >= 11 is 0. The van der Waals surface area contributed by atoms with Crippen LogP contribution in [0.5, 0.6) is 0 Å². The molecule has 24 heavy (non-hydrogen) atoms. The molecule has 2 saturated heterocycles. The van der Waals surface area contributed by atoms with Crippen LogP contribution in [-0.2, 0) is 11.3 Å². The monoisotopic (exact) mass is 332 g/mol. The highest BCUT2D eigenvalue weighted by atomic mass is 16.5. The Hall–Kier alpha value is -1.50. The zero-order valence-corrected chi connectivity index (χ0v) is 14.4. The lowest BCUT2D eigenvalue weighted by molar-refractivity contribution is 0.0308. The Morgan fingerprint density at radius 2 is 2.00 bits per heavy atom. The van der Waals surface area contributed by atoms with Gasteiger partial charge in [0.05, 0.1) is 19.8 Å². The van der Waals surface area contributed by atoms with Crippen molar-refractivity contribution in [3.8, 4) is 0 Å². The number of likely N-dealkylation sites (tertiary alicyclic amines) is 1. The van der Waals surface area contributed by atoms with Crippen molar-refractivity contribution in [2.45, 2.75) is 25.8 Å². The second-order valence-electron chi connectivity index (χ2n) is 6.96. The largest absolute Gasteiger partial charge is 0.396 e. The van der Waals surface area contributed by atoms with E-state index in [9.17, 15) is 5.11 Å². The number of hydrogen-bond donors (Lipinski definition) is 1. The lowest BCUT2D eigenvalue weighted by atomic mass is 9.78. The number of aromatic nitrogens is 2. The van der Waals surface area contributed by atoms with Gasteiger partial charge in [-0.25, -0.2) is 9.97 Å². The first-order valence-corrected chi connectivity index (χ1v) is 8.82. The van der Waals surface area contributed by atoms with Crippen LogP contribution in [0.1, 0.15) is 24.8 Å². The Balaban J connectivity index is 1.60. The number of morpholine rings is 1. The second kappa shape index (κ2) is 8.05. The summed E-state index contributed by atoms with van der Waals surface area (Å²) in [4.78, 5) is 13.6. The molecule has 2 fully saturated rings. The third-order valence-electron chi connectivity index (χ3n) is 5.05. The Morgan fingerprint density at radius 3 is 2.67 bits per heavy atom. The van der Waals surface area contributed by atoms with Gasteiger partial charge in [0.15, 0.2) is 0 Å². The number of allylic oxidation sites excluding steroid dienone is 1. The van der Waals surface area contributed by atoms with E-state index in [-0.39, 0.29) is 12.0 Å². The van der Waals surface area contributed by atoms with Gasteiger partial charge in [-0.05, 0) is 25.8 Å². The number of nitrogens with zero attached hydrogens (tertiary/aromatic N) is 4. The quantitative estimate of drug-likeness (QED) is 0.796. The number of aliphatic hydroxyl groups is 1. The van der Waals surface area contributed by atoms with Crippen molar-refractivity contribution in [3.63, 3.8) is 0 Å². The molecule has 0 aromatic carbocycles. The first kappa shape index (κ1) is 17.3. The molecule has 2 aliphatic rings. The minimum Gasteiger partial charge on any atom is -0.396 e. The summed E-state index contributed by atoms with van der Waals surface area (Å²) in [5.74, 6) is 0.789. The molecule has 6 nitrogen and oxygen atoms in total. The Morgan fingerprint density at radius 1 is 1.25 bits per heavy atom. The van der Waals surface area contributed by atoms with E-state index in [1.165, 1.54) is 0 Å². The molecule has 0 radical (unpaired) electrons. The molecule has 6 heteroatoms. The second-order valence-corrected chi connectivity index (χ2v) is 6.96. The zero-order valence-electron chi connectivity index (χ0n) is 14.4. The molecule has 132 valence electrons. The average Bonchev–Trinajstić information content (AvgIpc) is 2.64. The predicted molar refractivity (Wildman–Crippen MR) is 93.9 cm³/mol. The van der Waals surface area contributed by atoms with Crippen LogP contribution < -0.4 is 4.90 Å². The molecule has 1 N–H and O–H groups in total. The fourth-order valence-corrected chi connectivity index (χ4v) is 3.73. The first-order chi connectivity index (χ1) is 11.7. The first-order valence-electron chi connectivity index (χ1n) is 8.82. The van der Waals surface area contributed by atoms with Gasteiger partial charge in [0, 0.05) is 49.6 Å². The van der Waals surface area contributed by atoms with Gasteiger partial charge in [-0.1, -0.05) is 6.08 Å². The van der Waals surface area contributed by atoms with E-state index in [0.29, 0.717) is 0 Å². The van der Waals surface area contributed by atoms with Crippen molar-refractivity contribution < 1.29 is 9.84 Å². The SMILES string of the molecule is C=CC[C@]1(CO)CCCN(Cc2cnc(N3CCOCC3)nc2)C1. The van der Waals surface area contributed by atoms with Gasteiger partial charge in [0.2, 0.25) is 5.95 Å². The van der Waals surface area contributed by atoms with Crippen molar-refractivity contribution >= 4 is 5.95 Å². The topological polar surface area (TPSA) is 61.7 Å². The minimum atomic E-state index is -0.0331. The standard InChI is InChI=1S/C18H28N4O2/c1-2-4-18(15-23)5-3-6-21(14-18)13-16-11-19-17(20-12-16)22-7-9-24-10-8-22/h2,11-12,23H,1,3-10,13-15H2/t18-/m0/s1. The van der Waals surface area contributed by atoms with Gasteiger partial charge in [-0.15, -0.1) is 6.58 Å². The fraction of sp³-hybridized carbons (Fsp3) is 0.667. The molecule has 0 bridgehead atoms. The molecule has 0 unspecified atom stereocenters. The normalized spacial score (nSPS) is 25.6. The Kier molecular flexibility index (Phi) is 5.81. The van der Waals surface area contributed by atoms with Crippen LogP contribution in [0.3, 0.4) is 0 Å². The van der Waals surface area contributed by atoms with Crippen molar-refractivity contribution in [2.75, 3.05) is 50.9 Å². The van der Waals surface area contributed by atoms with E-state index < -0.39 is 0 Å². The highest BCUT2D eigenvalue weighted by Crippen LogP contribution is 2.33. The number of hydrogen-bond acceptors (Lipinski definition) is 6. The summed E-state index contributed by atoms with van der Waals surface area (Å²) in [5, 5.41) is 9.82. The number of piperidine rings is 1. The van der Waals surface area contributed by atoms with Crippen molar-refractivity contribution in [2.24, 2.45) is 5.41 Å². The Labute approximate surface area is 144 Å². The van der Waals surface area contributed by atoms with Gasteiger partial charge in [-0.3, -0.25) is 4.90 Å². The molecular formula is C18H28N4O2. The molecule has 1 atom stereocenters. The maximum Gasteiger partial charge on any atom is 0.225 e. The van der Waals surface area contributed by atoms with E-state index in [1.807, 2.05) is 18.5 Å². The Bertz CT molecular complexity index is 530. The molecule has 2 aliphatic heterocycles. The summed E-state index contributed by atoms with van der Waals surface area (Å²) < 4.78 is 5.36. The number of aliphatic hydroxyl groups excluding tert-OH is 1. The van der Waals surface area contributed by atoms with Gasteiger partial charge in [0.25, 0.3) is 0 Å². The third-order valence-corrected chi connectivity index (χ3v) is 5.05. The van der Waals surface area contributed by atoms with E-state index >= 15 is 0 Å². The molecule has 0 saturated carbocycles. The highest BCUT2D eigenvalue weighted by Gasteiger charge is 2.33. The summed E-state index contributed by atoms with van der Waals surface area (Å²) in [6.45, 7) is 10.1. The van der Waals surface area contributed by atoms with Gasteiger partial charge >= 0.3 is 0 Å². The van der Waals surface area contributed by atoms with Crippen molar-refractivity contribution in [1.29, 1.82) is 0 Å². The summed E-state index contributed by atoms with van der Waals surface area (Å²) in [6.07, 6.45) is 8.84. The summed E-state index contributed by atoms with van der Waals surface area (Å²) in [7, 11) is 0. The molecule has 0 amide bonds. The van der Waals surface area contributed by atoms with Gasteiger partial charge in [0.1, 0.15) is 0 Å². The summed E-state index contributed by atoms with van der Waals surface area (Å²) in [6, 6.07) is 0. The molecule has 1 aromatic rings. The number of rotatable bonds is 6. The van der Waals surface area contributed by atoms with Crippen LogP contribution >= 0.6 is 0 Å². The van der Waals surface area contributed by atoms with Gasteiger partial charge < -0.3 is 14.7 Å². The van der Waals surface area contributed by atoms with E-state index in [2.05, 4.69) is 26.3 Å². The van der Waals surface area contributed by atoms with Crippen LogP contribution in [0.4, 0.5) is 5.95 Å². The average molecular weight is 332 g/mol. The van der Waals surface area contributed by atoms with Gasteiger partial charge in [-0.2, -0.15) is 0 Å². The number of anilines is 1. The molecule has 0 spiro atoms. The molecule has 3 heterocycles. The smallest absolute Gasteiger partial charge is 0.225 e. The van der Waals surface area contributed by atoms with Crippen LogP contribution in [0.2, 0.25) is 0 Å². The van der Waals surface area contributed by atoms with Crippen LogP contribution in [0.15, 0.2) is 25.0 Å². The minimum absolute atomic E-state index is 0.0331. The molecular weight excluding hydrogens is 304 g/mol. The van der Waals surface area contributed by atoms with E-state index in [4.69, 9.17) is 4.74 Å². The van der Waals surface area contributed by atoms with E-state index in [0.717, 1.165) is 76.7 Å². The van der Waals surface area contributed by atoms with E-state index in [1.54, 1.807) is 0 Å². The van der Waals surface area contributed by atoms with Crippen LogP contribution in [0, 0.1) is 5.41 Å². The maximum absolute atomic E-state index is 9.82. The zero-order chi connectivity index (χ0) is 16.8. The van der Waals surface area contributed by atoms with Crippen molar-refractivity contribution in [1.82, 2.24) is 14.9 Å². The maximum atomic E-state index is 9.82. The molecule has 0 aliphatic carbocycles.